The van der Waals surface area contributed by atoms with Crippen molar-refractivity contribution < 1.29 is 18.7 Å². The second-order valence-corrected chi connectivity index (χ2v) is 11.0. The molecule has 1 atom stereocenters. The van der Waals surface area contributed by atoms with Gasteiger partial charge in [-0.1, -0.05) is 46.3 Å². The third-order valence-corrected chi connectivity index (χ3v) is 8.25. The maximum Gasteiger partial charge on any atom is 0.375 e. The van der Waals surface area contributed by atoms with Gasteiger partial charge >= 0.3 is 5.97 Å². The van der Waals surface area contributed by atoms with Crippen molar-refractivity contribution in [1.82, 2.24) is 0 Å². The van der Waals surface area contributed by atoms with Crippen LogP contribution in [0.5, 0.6) is 0 Å². The zero-order valence-electron chi connectivity index (χ0n) is 20.5. The molecular formula is C28H28BrNO4S. The Morgan fingerprint density at radius 3 is 2.31 bits per heavy atom. The van der Waals surface area contributed by atoms with Gasteiger partial charge in [0.15, 0.2) is 5.78 Å². The minimum Gasteiger partial charge on any atom is -0.460 e. The lowest BCUT2D eigenvalue weighted by atomic mass is 9.93. The highest BCUT2D eigenvalue weighted by Gasteiger charge is 2.45. The molecule has 0 saturated carbocycles. The Balaban J connectivity index is 2.08. The first-order valence-corrected chi connectivity index (χ1v) is 13.2. The van der Waals surface area contributed by atoms with Crippen LogP contribution in [0.3, 0.4) is 0 Å². The average molecular weight is 555 g/mol. The van der Waals surface area contributed by atoms with Crippen molar-refractivity contribution in [2.45, 2.75) is 39.4 Å². The van der Waals surface area contributed by atoms with Crippen molar-refractivity contribution in [2.75, 3.05) is 18.1 Å². The largest absolute Gasteiger partial charge is 0.460 e. The van der Waals surface area contributed by atoms with Crippen LogP contribution in [0, 0.1) is 0 Å². The van der Waals surface area contributed by atoms with Crippen molar-refractivity contribution in [3.8, 4) is 0 Å². The maximum absolute atomic E-state index is 14.0. The summed E-state index contributed by atoms with van der Waals surface area (Å²) in [6.45, 7) is 10.7. The molecule has 0 saturated heterocycles. The first-order valence-electron chi connectivity index (χ1n) is 11.6. The summed E-state index contributed by atoms with van der Waals surface area (Å²) < 4.78 is 11.9. The topological polar surface area (TPSA) is 59.8 Å². The van der Waals surface area contributed by atoms with Crippen molar-refractivity contribution in [3.05, 3.63) is 97.9 Å². The molecule has 0 aliphatic carbocycles. The molecule has 2 aromatic carbocycles. The van der Waals surface area contributed by atoms with E-state index in [0.29, 0.717) is 23.6 Å². The van der Waals surface area contributed by atoms with E-state index in [4.69, 9.17) is 9.15 Å². The summed E-state index contributed by atoms with van der Waals surface area (Å²) in [6.07, 6.45) is 0. The van der Waals surface area contributed by atoms with Gasteiger partial charge in [0.05, 0.1) is 12.3 Å². The number of hydrogen-bond donors (Lipinski definition) is 0. The van der Waals surface area contributed by atoms with Crippen LogP contribution in [0.1, 0.15) is 72.4 Å². The SMILES string of the molecule is CCOC(=O)c1oc2c(c1C(=O)c1ccc(Br)cc1)N(CC)C(C)=C(C)SC2(C)c1ccccc1. The number of furan rings is 1. The molecule has 1 aliphatic rings. The molecule has 0 spiro atoms. The normalized spacial score (nSPS) is 17.7. The van der Waals surface area contributed by atoms with Gasteiger partial charge in [-0.2, -0.15) is 0 Å². The van der Waals surface area contributed by atoms with E-state index in [1.807, 2.05) is 56.3 Å². The monoisotopic (exact) mass is 553 g/mol. The van der Waals surface area contributed by atoms with Gasteiger partial charge in [-0.25, -0.2) is 4.79 Å². The number of thioether (sulfide) groups is 1. The van der Waals surface area contributed by atoms with Gasteiger partial charge in [0.1, 0.15) is 16.1 Å². The summed E-state index contributed by atoms with van der Waals surface area (Å²) in [7, 11) is 0. The quantitative estimate of drug-likeness (QED) is 0.232. The van der Waals surface area contributed by atoms with E-state index in [0.717, 1.165) is 20.6 Å². The van der Waals surface area contributed by atoms with E-state index in [1.165, 1.54) is 0 Å². The molecule has 0 bridgehead atoms. The number of carbonyl (C=O) groups is 2. The number of benzene rings is 2. The van der Waals surface area contributed by atoms with E-state index in [9.17, 15) is 9.59 Å². The number of ketones is 1. The lowest BCUT2D eigenvalue weighted by molar-refractivity contribution is 0.0484. The highest BCUT2D eigenvalue weighted by Crippen LogP contribution is 2.55. The van der Waals surface area contributed by atoms with Gasteiger partial charge in [-0.05, 0) is 64.4 Å². The molecule has 4 rings (SSSR count). The molecule has 1 unspecified atom stereocenters. The number of allylic oxidation sites excluding steroid dienone is 2. The first kappa shape index (κ1) is 25.3. The van der Waals surface area contributed by atoms with Crippen LogP contribution in [-0.4, -0.2) is 24.9 Å². The molecule has 0 N–H and O–H groups in total. The van der Waals surface area contributed by atoms with Crippen LogP contribution < -0.4 is 4.90 Å². The molecule has 3 aromatic rings. The molecule has 0 radical (unpaired) electrons. The Kier molecular flexibility index (Phi) is 7.29. The van der Waals surface area contributed by atoms with Gasteiger partial charge in [0.25, 0.3) is 0 Å². The first-order chi connectivity index (χ1) is 16.7. The summed E-state index contributed by atoms with van der Waals surface area (Å²) in [4.78, 5) is 30.3. The van der Waals surface area contributed by atoms with E-state index >= 15 is 0 Å². The van der Waals surface area contributed by atoms with Crippen LogP contribution in [0.15, 0.2) is 74.1 Å². The van der Waals surface area contributed by atoms with Crippen molar-refractivity contribution >= 4 is 45.1 Å². The molecule has 0 fully saturated rings. The van der Waals surface area contributed by atoms with E-state index in [1.54, 1.807) is 30.8 Å². The molecular weight excluding hydrogens is 526 g/mol. The fraction of sp³-hybridized carbons (Fsp3) is 0.286. The predicted octanol–water partition coefficient (Wildman–Crippen LogP) is 7.54. The fourth-order valence-corrected chi connectivity index (χ4v) is 6.05. The summed E-state index contributed by atoms with van der Waals surface area (Å²) in [5, 5.41) is 0. The Labute approximate surface area is 218 Å². The van der Waals surface area contributed by atoms with Crippen LogP contribution >= 0.6 is 27.7 Å². The number of anilines is 1. The maximum atomic E-state index is 14.0. The third-order valence-electron chi connectivity index (χ3n) is 6.29. The van der Waals surface area contributed by atoms with Crippen LogP contribution in [0.4, 0.5) is 5.69 Å². The van der Waals surface area contributed by atoms with Gasteiger partial charge in [-0.3, -0.25) is 4.79 Å². The number of esters is 1. The van der Waals surface area contributed by atoms with Crippen LogP contribution in [-0.2, 0) is 9.48 Å². The molecule has 1 aliphatic heterocycles. The lowest BCUT2D eigenvalue weighted by Crippen LogP contribution is -2.25. The molecule has 182 valence electrons. The Morgan fingerprint density at radius 1 is 1.06 bits per heavy atom. The van der Waals surface area contributed by atoms with Crippen LogP contribution in [0.2, 0.25) is 0 Å². The Bertz CT molecular complexity index is 1300. The minimum absolute atomic E-state index is 0.0571. The van der Waals surface area contributed by atoms with Crippen molar-refractivity contribution in [2.24, 2.45) is 0 Å². The summed E-state index contributed by atoms with van der Waals surface area (Å²) in [5.41, 5.74) is 3.36. The second kappa shape index (κ2) is 10.1. The second-order valence-electron chi connectivity index (χ2n) is 8.43. The summed E-state index contributed by atoms with van der Waals surface area (Å²) in [6, 6.07) is 17.1. The Morgan fingerprint density at radius 2 is 1.71 bits per heavy atom. The zero-order chi connectivity index (χ0) is 25.3. The molecule has 1 aromatic heterocycles. The van der Waals surface area contributed by atoms with E-state index in [-0.39, 0.29) is 23.7 Å². The zero-order valence-corrected chi connectivity index (χ0v) is 22.9. The average Bonchev–Trinajstić information content (AvgIpc) is 3.23. The van der Waals surface area contributed by atoms with Gasteiger partial charge in [0, 0.05) is 27.2 Å². The molecule has 7 heteroatoms. The molecule has 0 amide bonds. The third kappa shape index (κ3) is 4.47. The molecule has 5 nitrogen and oxygen atoms in total. The molecule has 35 heavy (non-hydrogen) atoms. The standard InChI is InChI=1S/C28H28BrNO4S/c1-6-30-17(3)18(4)35-28(5,20-11-9-8-10-12-20)26-23(30)22(25(34-26)27(32)33-7-2)24(31)19-13-15-21(29)16-14-19/h8-16H,6-7H2,1-5H3. The number of halogens is 1. The number of hydrogen-bond acceptors (Lipinski definition) is 6. The smallest absolute Gasteiger partial charge is 0.375 e. The van der Waals surface area contributed by atoms with Gasteiger partial charge < -0.3 is 14.1 Å². The lowest BCUT2D eigenvalue weighted by Gasteiger charge is -2.28. The van der Waals surface area contributed by atoms with Gasteiger partial charge in [0.2, 0.25) is 5.76 Å². The molecule has 2 heterocycles. The minimum atomic E-state index is -0.675. The highest BCUT2D eigenvalue weighted by atomic mass is 79.9. The highest BCUT2D eigenvalue weighted by molar-refractivity contribution is 9.10. The summed E-state index contributed by atoms with van der Waals surface area (Å²) in [5.74, 6) is -0.416. The van der Waals surface area contributed by atoms with E-state index in [2.05, 4.69) is 34.7 Å². The number of ether oxygens (including phenoxy) is 1. The van der Waals surface area contributed by atoms with Crippen molar-refractivity contribution in [1.29, 1.82) is 0 Å². The number of fused-ring (bicyclic) bond motifs is 1. The number of carbonyl (C=O) groups excluding carboxylic acids is 2. The summed E-state index contributed by atoms with van der Waals surface area (Å²) >= 11 is 5.09. The Hall–Kier alpha value is -2.77. The van der Waals surface area contributed by atoms with Crippen LogP contribution in [0.25, 0.3) is 0 Å². The predicted molar refractivity (Wildman–Crippen MR) is 144 cm³/mol. The fourth-order valence-electron chi connectivity index (χ4n) is 4.43. The number of rotatable bonds is 6. The number of nitrogens with zero attached hydrogens (tertiary/aromatic N) is 1. The van der Waals surface area contributed by atoms with Gasteiger partial charge in [-0.15, -0.1) is 11.8 Å². The van der Waals surface area contributed by atoms with Crippen molar-refractivity contribution in [3.63, 3.8) is 0 Å². The van der Waals surface area contributed by atoms with E-state index < -0.39 is 10.7 Å².